The van der Waals surface area contributed by atoms with Crippen LogP contribution in [-0.4, -0.2) is 20.3 Å². The Morgan fingerprint density at radius 1 is 1.32 bits per heavy atom. The van der Waals surface area contributed by atoms with E-state index in [1.807, 2.05) is 54.9 Å². The second-order valence-corrected chi connectivity index (χ2v) is 5.42. The van der Waals surface area contributed by atoms with E-state index >= 15 is 0 Å². The van der Waals surface area contributed by atoms with Gasteiger partial charge in [0.05, 0.1) is 24.4 Å². The monoisotopic (exact) mass is 294 g/mol. The molecule has 0 atom stereocenters. The summed E-state index contributed by atoms with van der Waals surface area (Å²) in [6, 6.07) is 7.87. The van der Waals surface area contributed by atoms with Gasteiger partial charge in [0.15, 0.2) is 0 Å². The SMILES string of the molecule is Cc1ccn2cc(CNC(=O)Cc3ncccc3C)nc2c1. The van der Waals surface area contributed by atoms with Gasteiger partial charge < -0.3 is 9.72 Å². The van der Waals surface area contributed by atoms with Crippen molar-refractivity contribution in [1.29, 1.82) is 0 Å². The van der Waals surface area contributed by atoms with Crippen LogP contribution in [0.1, 0.15) is 22.5 Å². The van der Waals surface area contributed by atoms with Gasteiger partial charge in [-0.3, -0.25) is 9.78 Å². The van der Waals surface area contributed by atoms with Crippen LogP contribution < -0.4 is 5.32 Å². The minimum Gasteiger partial charge on any atom is -0.350 e. The molecule has 0 unspecified atom stereocenters. The van der Waals surface area contributed by atoms with E-state index in [1.165, 1.54) is 5.56 Å². The number of amides is 1. The number of carbonyl (C=O) groups excluding carboxylic acids is 1. The predicted molar refractivity (Wildman–Crippen MR) is 84.5 cm³/mol. The maximum absolute atomic E-state index is 12.0. The molecule has 0 bridgehead atoms. The summed E-state index contributed by atoms with van der Waals surface area (Å²) in [5, 5.41) is 2.90. The van der Waals surface area contributed by atoms with Gasteiger partial charge in [0.2, 0.25) is 5.91 Å². The minimum absolute atomic E-state index is 0.0463. The van der Waals surface area contributed by atoms with Crippen LogP contribution >= 0.6 is 0 Å². The number of hydrogen-bond donors (Lipinski definition) is 1. The molecule has 3 heterocycles. The molecule has 0 aliphatic rings. The molecule has 0 aliphatic heterocycles. The van der Waals surface area contributed by atoms with E-state index < -0.39 is 0 Å². The number of hydrogen-bond acceptors (Lipinski definition) is 3. The highest BCUT2D eigenvalue weighted by Gasteiger charge is 2.08. The van der Waals surface area contributed by atoms with E-state index in [9.17, 15) is 4.79 Å². The molecule has 0 aliphatic carbocycles. The van der Waals surface area contributed by atoms with Crippen molar-refractivity contribution in [3.8, 4) is 0 Å². The lowest BCUT2D eigenvalue weighted by atomic mass is 10.1. The zero-order valence-electron chi connectivity index (χ0n) is 12.7. The van der Waals surface area contributed by atoms with Crippen LogP contribution in [0.3, 0.4) is 0 Å². The van der Waals surface area contributed by atoms with Gasteiger partial charge in [-0.05, 0) is 43.2 Å². The molecule has 22 heavy (non-hydrogen) atoms. The molecule has 3 aromatic rings. The van der Waals surface area contributed by atoms with Gasteiger partial charge >= 0.3 is 0 Å². The first-order chi connectivity index (χ1) is 10.6. The third-order valence-corrected chi connectivity index (χ3v) is 3.58. The van der Waals surface area contributed by atoms with Crippen LogP contribution in [0.15, 0.2) is 42.9 Å². The van der Waals surface area contributed by atoms with Crippen LogP contribution in [0.25, 0.3) is 5.65 Å². The predicted octanol–water partition coefficient (Wildman–Crippen LogP) is 2.21. The molecular formula is C17H18N4O. The summed E-state index contributed by atoms with van der Waals surface area (Å²) < 4.78 is 1.96. The molecule has 3 rings (SSSR count). The third kappa shape index (κ3) is 3.14. The summed E-state index contributed by atoms with van der Waals surface area (Å²) in [6.45, 7) is 4.41. The number of aryl methyl sites for hydroxylation is 2. The van der Waals surface area contributed by atoms with Crippen molar-refractivity contribution in [3.63, 3.8) is 0 Å². The second kappa shape index (κ2) is 5.97. The van der Waals surface area contributed by atoms with E-state index in [2.05, 4.69) is 15.3 Å². The first-order valence-corrected chi connectivity index (χ1v) is 7.23. The number of carbonyl (C=O) groups is 1. The van der Waals surface area contributed by atoms with E-state index in [0.29, 0.717) is 13.0 Å². The molecule has 0 fully saturated rings. The quantitative estimate of drug-likeness (QED) is 0.802. The third-order valence-electron chi connectivity index (χ3n) is 3.58. The first-order valence-electron chi connectivity index (χ1n) is 7.23. The average Bonchev–Trinajstić information content (AvgIpc) is 2.89. The molecular weight excluding hydrogens is 276 g/mol. The lowest BCUT2D eigenvalue weighted by Gasteiger charge is -2.05. The summed E-state index contributed by atoms with van der Waals surface area (Å²) in [5.41, 5.74) is 4.74. The standard InChI is InChI=1S/C17H18N4O/c1-12-5-7-21-11-14(20-16(21)8-12)10-19-17(22)9-15-13(2)4-3-6-18-15/h3-8,11H,9-10H2,1-2H3,(H,19,22). The summed E-state index contributed by atoms with van der Waals surface area (Å²) in [7, 11) is 0. The molecule has 0 radical (unpaired) electrons. The summed E-state index contributed by atoms with van der Waals surface area (Å²) in [6.07, 6.45) is 5.90. The fourth-order valence-electron chi connectivity index (χ4n) is 2.33. The molecule has 0 spiro atoms. The molecule has 0 saturated heterocycles. The Balaban J connectivity index is 1.63. The Hall–Kier alpha value is -2.69. The molecule has 1 amide bonds. The van der Waals surface area contributed by atoms with Gasteiger partial charge in [0.1, 0.15) is 5.65 Å². The van der Waals surface area contributed by atoms with E-state index in [0.717, 1.165) is 22.6 Å². The van der Waals surface area contributed by atoms with Crippen molar-refractivity contribution >= 4 is 11.6 Å². The number of nitrogens with one attached hydrogen (secondary N) is 1. The van der Waals surface area contributed by atoms with Crippen molar-refractivity contribution in [2.24, 2.45) is 0 Å². The van der Waals surface area contributed by atoms with Gasteiger partial charge in [-0.1, -0.05) is 6.07 Å². The number of imidazole rings is 1. The normalized spacial score (nSPS) is 10.8. The Morgan fingerprint density at radius 3 is 3.00 bits per heavy atom. The van der Waals surface area contributed by atoms with Crippen molar-refractivity contribution < 1.29 is 4.79 Å². The zero-order valence-corrected chi connectivity index (χ0v) is 12.7. The van der Waals surface area contributed by atoms with Crippen molar-refractivity contribution in [2.45, 2.75) is 26.8 Å². The van der Waals surface area contributed by atoms with Crippen LogP contribution in [0.5, 0.6) is 0 Å². The van der Waals surface area contributed by atoms with Crippen LogP contribution in [0.2, 0.25) is 0 Å². The van der Waals surface area contributed by atoms with Crippen LogP contribution in [-0.2, 0) is 17.8 Å². The van der Waals surface area contributed by atoms with Gasteiger partial charge in [0, 0.05) is 18.6 Å². The highest BCUT2D eigenvalue weighted by atomic mass is 16.1. The molecule has 0 aromatic carbocycles. The minimum atomic E-state index is -0.0463. The van der Waals surface area contributed by atoms with Gasteiger partial charge in [-0.25, -0.2) is 4.98 Å². The van der Waals surface area contributed by atoms with Gasteiger partial charge in [-0.15, -0.1) is 0 Å². The first kappa shape index (κ1) is 14.3. The van der Waals surface area contributed by atoms with Crippen LogP contribution in [0.4, 0.5) is 0 Å². The topological polar surface area (TPSA) is 59.3 Å². The lowest BCUT2D eigenvalue weighted by molar-refractivity contribution is -0.120. The van der Waals surface area contributed by atoms with E-state index in [-0.39, 0.29) is 5.91 Å². The van der Waals surface area contributed by atoms with Crippen molar-refractivity contribution in [3.05, 3.63) is 65.4 Å². The summed E-state index contributed by atoms with van der Waals surface area (Å²) >= 11 is 0. The summed E-state index contributed by atoms with van der Waals surface area (Å²) in [4.78, 5) is 20.8. The molecule has 5 nitrogen and oxygen atoms in total. The maximum Gasteiger partial charge on any atom is 0.226 e. The molecule has 3 aromatic heterocycles. The number of rotatable bonds is 4. The lowest BCUT2D eigenvalue weighted by Crippen LogP contribution is -2.25. The molecule has 112 valence electrons. The fourth-order valence-corrected chi connectivity index (χ4v) is 2.33. The Kier molecular flexibility index (Phi) is 3.87. The number of pyridine rings is 2. The number of nitrogens with zero attached hydrogens (tertiary/aromatic N) is 3. The Bertz CT molecular complexity index is 822. The zero-order chi connectivity index (χ0) is 15.5. The Morgan fingerprint density at radius 2 is 2.18 bits per heavy atom. The second-order valence-electron chi connectivity index (χ2n) is 5.42. The van der Waals surface area contributed by atoms with Crippen LogP contribution in [0, 0.1) is 13.8 Å². The maximum atomic E-state index is 12.0. The van der Waals surface area contributed by atoms with E-state index in [1.54, 1.807) is 6.20 Å². The number of fused-ring (bicyclic) bond motifs is 1. The van der Waals surface area contributed by atoms with Crippen molar-refractivity contribution in [2.75, 3.05) is 0 Å². The molecule has 0 saturated carbocycles. The summed E-state index contributed by atoms with van der Waals surface area (Å²) in [5.74, 6) is -0.0463. The number of aromatic nitrogens is 3. The largest absolute Gasteiger partial charge is 0.350 e. The fraction of sp³-hybridized carbons (Fsp3) is 0.235. The van der Waals surface area contributed by atoms with Gasteiger partial charge in [0.25, 0.3) is 0 Å². The average molecular weight is 294 g/mol. The van der Waals surface area contributed by atoms with Crippen molar-refractivity contribution in [1.82, 2.24) is 19.7 Å². The molecule has 1 N–H and O–H groups in total. The highest BCUT2D eigenvalue weighted by Crippen LogP contribution is 2.08. The van der Waals surface area contributed by atoms with E-state index in [4.69, 9.17) is 0 Å². The Labute approximate surface area is 129 Å². The molecule has 5 heteroatoms. The smallest absolute Gasteiger partial charge is 0.226 e. The highest BCUT2D eigenvalue weighted by molar-refractivity contribution is 5.78. The van der Waals surface area contributed by atoms with Gasteiger partial charge in [-0.2, -0.15) is 0 Å².